The molecule has 0 aromatic heterocycles. The maximum absolute atomic E-state index is 11.3. The number of nitrogens with one attached hydrogen (secondary N) is 1. The summed E-state index contributed by atoms with van der Waals surface area (Å²) in [5, 5.41) is 11.7. The smallest absolute Gasteiger partial charge is 0.245 e. The van der Waals surface area contributed by atoms with Crippen LogP contribution in [0.25, 0.3) is 0 Å². The molecule has 1 fully saturated rings. The van der Waals surface area contributed by atoms with Gasteiger partial charge in [0, 0.05) is 12.0 Å². The fourth-order valence-electron chi connectivity index (χ4n) is 3.06. The quantitative estimate of drug-likeness (QED) is 0.865. The molecule has 4 heteroatoms. The van der Waals surface area contributed by atoms with Gasteiger partial charge >= 0.3 is 0 Å². The van der Waals surface area contributed by atoms with Crippen LogP contribution in [0.2, 0.25) is 0 Å². The summed E-state index contributed by atoms with van der Waals surface area (Å²) in [7, 11) is 1.66. The molecule has 1 saturated carbocycles. The normalized spacial score (nSPS) is 17.5. The number of methoxy groups -OCH3 is 1. The molecule has 4 nitrogen and oxygen atoms in total. The van der Waals surface area contributed by atoms with Crippen LogP contribution in [-0.4, -0.2) is 31.3 Å². The summed E-state index contributed by atoms with van der Waals surface area (Å²) in [4.78, 5) is 11.3. The standard InChI is InChI=1S/C16H23NO3/c1-20-14-7-5-13(6-8-14)16(9-3-2-4-10-16)12-17-15(19)11-18/h5-8,18H,2-4,9-12H2,1H3,(H,17,19). The van der Waals surface area contributed by atoms with Gasteiger partial charge in [0.2, 0.25) is 5.91 Å². The van der Waals surface area contributed by atoms with Crippen molar-refractivity contribution in [1.29, 1.82) is 0 Å². The first-order valence-corrected chi connectivity index (χ1v) is 7.22. The molecular weight excluding hydrogens is 254 g/mol. The zero-order chi connectivity index (χ0) is 14.4. The number of amides is 1. The number of carbonyl (C=O) groups excluding carboxylic acids is 1. The largest absolute Gasteiger partial charge is 0.497 e. The zero-order valence-corrected chi connectivity index (χ0v) is 12.0. The minimum absolute atomic E-state index is 0.00461. The number of carbonyl (C=O) groups is 1. The van der Waals surface area contributed by atoms with Gasteiger partial charge in [-0.1, -0.05) is 31.4 Å². The maximum atomic E-state index is 11.3. The molecule has 0 aliphatic heterocycles. The van der Waals surface area contributed by atoms with Crippen molar-refractivity contribution < 1.29 is 14.6 Å². The monoisotopic (exact) mass is 277 g/mol. The average Bonchev–Trinajstić information content (AvgIpc) is 2.53. The van der Waals surface area contributed by atoms with Crippen LogP contribution in [0.4, 0.5) is 0 Å². The second-order valence-electron chi connectivity index (χ2n) is 5.50. The summed E-state index contributed by atoms with van der Waals surface area (Å²) in [5.74, 6) is 0.544. The van der Waals surface area contributed by atoms with Crippen LogP contribution in [0.3, 0.4) is 0 Å². The molecule has 0 spiro atoms. The van der Waals surface area contributed by atoms with Gasteiger partial charge in [-0.3, -0.25) is 4.79 Å². The zero-order valence-electron chi connectivity index (χ0n) is 12.0. The molecule has 2 N–H and O–H groups in total. The summed E-state index contributed by atoms with van der Waals surface area (Å²) in [5.41, 5.74) is 1.24. The van der Waals surface area contributed by atoms with Crippen LogP contribution in [0, 0.1) is 0 Å². The van der Waals surface area contributed by atoms with E-state index >= 15 is 0 Å². The minimum Gasteiger partial charge on any atom is -0.497 e. The van der Waals surface area contributed by atoms with Crippen molar-refractivity contribution in [2.75, 3.05) is 20.3 Å². The molecule has 1 aromatic rings. The molecule has 0 bridgehead atoms. The van der Waals surface area contributed by atoms with E-state index in [1.807, 2.05) is 12.1 Å². The summed E-state index contributed by atoms with van der Waals surface area (Å²) >= 11 is 0. The molecule has 1 aliphatic rings. The highest BCUT2D eigenvalue weighted by Crippen LogP contribution is 2.39. The van der Waals surface area contributed by atoms with E-state index in [1.54, 1.807) is 7.11 Å². The fraction of sp³-hybridized carbons (Fsp3) is 0.562. The van der Waals surface area contributed by atoms with Crippen LogP contribution >= 0.6 is 0 Å². The van der Waals surface area contributed by atoms with Crippen LogP contribution in [0.1, 0.15) is 37.7 Å². The molecule has 1 aromatic carbocycles. The third kappa shape index (κ3) is 3.31. The summed E-state index contributed by atoms with van der Waals surface area (Å²) in [6, 6.07) is 8.13. The highest BCUT2D eigenvalue weighted by Gasteiger charge is 2.34. The molecule has 110 valence electrons. The lowest BCUT2D eigenvalue weighted by Crippen LogP contribution is -2.43. The van der Waals surface area contributed by atoms with Gasteiger partial charge in [-0.05, 0) is 30.5 Å². The predicted molar refractivity (Wildman–Crippen MR) is 77.9 cm³/mol. The molecule has 0 heterocycles. The van der Waals surface area contributed by atoms with Gasteiger partial charge < -0.3 is 15.2 Å². The molecule has 0 saturated heterocycles. The Bertz CT molecular complexity index is 436. The van der Waals surface area contributed by atoms with Gasteiger partial charge in [0.15, 0.2) is 0 Å². The molecule has 0 atom stereocenters. The van der Waals surface area contributed by atoms with E-state index in [9.17, 15) is 4.79 Å². The number of aliphatic hydroxyl groups excluding tert-OH is 1. The number of aliphatic hydroxyl groups is 1. The lowest BCUT2D eigenvalue weighted by atomic mass is 9.69. The van der Waals surface area contributed by atoms with E-state index in [2.05, 4.69) is 17.4 Å². The SMILES string of the molecule is COc1ccc(C2(CNC(=O)CO)CCCCC2)cc1. The van der Waals surface area contributed by atoms with Gasteiger partial charge in [0.1, 0.15) is 12.4 Å². The Kier molecular flexibility index (Phi) is 5.01. The minimum atomic E-state index is -0.446. The van der Waals surface area contributed by atoms with Crippen molar-refractivity contribution in [2.45, 2.75) is 37.5 Å². The van der Waals surface area contributed by atoms with Crippen molar-refractivity contribution >= 4 is 5.91 Å². The van der Waals surface area contributed by atoms with Crippen molar-refractivity contribution in [3.05, 3.63) is 29.8 Å². The van der Waals surface area contributed by atoms with E-state index < -0.39 is 6.61 Å². The summed E-state index contributed by atoms with van der Waals surface area (Å²) in [6.45, 7) is 0.150. The Labute approximate surface area is 120 Å². The van der Waals surface area contributed by atoms with Crippen LogP contribution in [-0.2, 0) is 10.2 Å². The highest BCUT2D eigenvalue weighted by molar-refractivity contribution is 5.77. The van der Waals surface area contributed by atoms with E-state index in [1.165, 1.54) is 24.8 Å². The van der Waals surface area contributed by atoms with Gasteiger partial charge in [-0.25, -0.2) is 0 Å². The van der Waals surface area contributed by atoms with Crippen molar-refractivity contribution in [2.24, 2.45) is 0 Å². The number of rotatable bonds is 5. The lowest BCUT2D eigenvalue weighted by molar-refractivity contribution is -0.124. The van der Waals surface area contributed by atoms with Gasteiger partial charge in [0.05, 0.1) is 7.11 Å². The average molecular weight is 277 g/mol. The number of hydrogen-bond donors (Lipinski definition) is 2. The molecule has 0 radical (unpaired) electrons. The molecule has 2 rings (SSSR count). The number of benzene rings is 1. The van der Waals surface area contributed by atoms with Gasteiger partial charge in [0.25, 0.3) is 0 Å². The van der Waals surface area contributed by atoms with Crippen LogP contribution in [0.5, 0.6) is 5.75 Å². The molecule has 1 amide bonds. The Morgan fingerprint density at radius 3 is 2.45 bits per heavy atom. The molecule has 1 aliphatic carbocycles. The second-order valence-corrected chi connectivity index (χ2v) is 5.50. The Hall–Kier alpha value is -1.55. The Balaban J connectivity index is 2.18. The van der Waals surface area contributed by atoms with Gasteiger partial charge in [-0.2, -0.15) is 0 Å². The first kappa shape index (κ1) is 14.9. The highest BCUT2D eigenvalue weighted by atomic mass is 16.5. The Morgan fingerprint density at radius 2 is 1.90 bits per heavy atom. The topological polar surface area (TPSA) is 58.6 Å². The summed E-state index contributed by atoms with van der Waals surface area (Å²) < 4.78 is 5.20. The molecule has 20 heavy (non-hydrogen) atoms. The van der Waals surface area contributed by atoms with Crippen LogP contribution in [0.15, 0.2) is 24.3 Å². The Morgan fingerprint density at radius 1 is 1.25 bits per heavy atom. The first-order valence-electron chi connectivity index (χ1n) is 7.22. The van der Waals surface area contributed by atoms with Gasteiger partial charge in [-0.15, -0.1) is 0 Å². The van der Waals surface area contributed by atoms with E-state index in [-0.39, 0.29) is 11.3 Å². The van der Waals surface area contributed by atoms with Crippen molar-refractivity contribution in [3.63, 3.8) is 0 Å². The summed E-state index contributed by atoms with van der Waals surface area (Å²) in [6.07, 6.45) is 5.77. The van der Waals surface area contributed by atoms with E-state index in [0.29, 0.717) is 6.54 Å². The second kappa shape index (κ2) is 6.75. The maximum Gasteiger partial charge on any atom is 0.245 e. The predicted octanol–water partition coefficient (Wildman–Crippen LogP) is 2.01. The first-order chi connectivity index (χ1) is 9.70. The van der Waals surface area contributed by atoms with Crippen molar-refractivity contribution in [1.82, 2.24) is 5.32 Å². The lowest BCUT2D eigenvalue weighted by Gasteiger charge is -2.38. The van der Waals surface area contributed by atoms with Crippen LogP contribution < -0.4 is 10.1 Å². The van der Waals surface area contributed by atoms with Crippen molar-refractivity contribution in [3.8, 4) is 5.75 Å². The third-order valence-corrected chi connectivity index (χ3v) is 4.28. The third-order valence-electron chi connectivity index (χ3n) is 4.28. The molecular formula is C16H23NO3. The van der Waals surface area contributed by atoms with E-state index in [4.69, 9.17) is 9.84 Å². The number of ether oxygens (including phenoxy) is 1. The van der Waals surface area contributed by atoms with E-state index in [0.717, 1.165) is 18.6 Å². The molecule has 0 unspecified atom stereocenters. The fourth-order valence-corrected chi connectivity index (χ4v) is 3.06. The number of hydrogen-bond acceptors (Lipinski definition) is 3.